The van der Waals surface area contributed by atoms with E-state index in [1.165, 1.54) is 4.57 Å². The average Bonchev–Trinajstić information content (AvgIpc) is 3.42. The maximum atomic E-state index is 14.2. The molecule has 0 radical (unpaired) electrons. The van der Waals surface area contributed by atoms with Gasteiger partial charge in [-0.3, -0.25) is 23.5 Å². The van der Waals surface area contributed by atoms with E-state index in [4.69, 9.17) is 9.72 Å². The highest BCUT2D eigenvalue weighted by molar-refractivity contribution is 6.00. The third-order valence-corrected chi connectivity index (χ3v) is 8.77. The van der Waals surface area contributed by atoms with Gasteiger partial charge in [0.1, 0.15) is 18.5 Å². The van der Waals surface area contributed by atoms with Crippen LogP contribution in [-0.2, 0) is 17.8 Å². The van der Waals surface area contributed by atoms with Crippen LogP contribution in [0.4, 0.5) is 4.79 Å². The summed E-state index contributed by atoms with van der Waals surface area (Å²) in [6, 6.07) is 29.4. The fourth-order valence-electron chi connectivity index (χ4n) is 6.50. The van der Waals surface area contributed by atoms with Gasteiger partial charge < -0.3 is 15.4 Å². The number of carbonyl (C=O) groups is 3. The van der Waals surface area contributed by atoms with Crippen LogP contribution in [0.15, 0.2) is 114 Å². The van der Waals surface area contributed by atoms with Crippen molar-refractivity contribution in [3.8, 4) is 5.69 Å². The Kier molecular flexibility index (Phi) is 8.52. The number of nitrogens with one attached hydrogen (secondary N) is 2. The summed E-state index contributed by atoms with van der Waals surface area (Å²) in [6.45, 7) is 4.05. The van der Waals surface area contributed by atoms with Crippen molar-refractivity contribution in [3.63, 3.8) is 0 Å². The number of hydrogen-bond donors (Lipinski definition) is 2. The molecule has 1 unspecified atom stereocenters. The lowest BCUT2D eigenvalue weighted by molar-refractivity contribution is 0.0826. The fourth-order valence-corrected chi connectivity index (χ4v) is 6.50. The van der Waals surface area contributed by atoms with Crippen LogP contribution in [0.2, 0.25) is 0 Å². The molecule has 2 atom stereocenters. The van der Waals surface area contributed by atoms with Gasteiger partial charge in [-0.05, 0) is 53.8 Å². The first-order valence-corrected chi connectivity index (χ1v) is 16.3. The molecular weight excluding hydrogens is 618 g/mol. The predicted octanol–water partition coefficient (Wildman–Crippen LogP) is 6.35. The zero-order chi connectivity index (χ0) is 34.1. The topological polar surface area (TPSA) is 124 Å². The SMILES string of the molecule is CC(C)C[C@H](NC(=O)OCc1ccccc1)C(=O)n1cc(CC2NC(=O)c3ccccc3-n3c2nc2ccccc2c3=O)c2ccccc21. The number of ether oxygens (including phenoxy) is 1. The van der Waals surface area contributed by atoms with Crippen LogP contribution in [0.25, 0.3) is 27.5 Å². The van der Waals surface area contributed by atoms with E-state index in [1.807, 2.05) is 74.5 Å². The minimum absolute atomic E-state index is 0.0801. The molecule has 3 heterocycles. The van der Waals surface area contributed by atoms with Gasteiger partial charge in [0, 0.05) is 18.0 Å². The highest BCUT2D eigenvalue weighted by Gasteiger charge is 2.32. The lowest BCUT2D eigenvalue weighted by Gasteiger charge is -2.20. The Bertz CT molecular complexity index is 2270. The van der Waals surface area contributed by atoms with Crippen molar-refractivity contribution in [1.29, 1.82) is 0 Å². The lowest BCUT2D eigenvalue weighted by Crippen LogP contribution is -2.44. The van der Waals surface area contributed by atoms with Crippen LogP contribution in [-0.4, -0.2) is 38.1 Å². The van der Waals surface area contributed by atoms with Crippen molar-refractivity contribution < 1.29 is 19.1 Å². The molecule has 4 aromatic carbocycles. The van der Waals surface area contributed by atoms with E-state index in [-0.39, 0.29) is 36.3 Å². The van der Waals surface area contributed by atoms with Gasteiger partial charge in [-0.15, -0.1) is 0 Å². The zero-order valence-electron chi connectivity index (χ0n) is 27.1. The summed E-state index contributed by atoms with van der Waals surface area (Å²) in [7, 11) is 0. The zero-order valence-corrected chi connectivity index (χ0v) is 27.1. The van der Waals surface area contributed by atoms with Crippen LogP contribution in [0.1, 0.15) is 58.4 Å². The second kappa shape index (κ2) is 13.2. The van der Waals surface area contributed by atoms with Crippen molar-refractivity contribution in [2.45, 2.75) is 45.4 Å². The maximum absolute atomic E-state index is 14.2. The van der Waals surface area contributed by atoms with Crippen molar-refractivity contribution in [2.75, 3.05) is 0 Å². The van der Waals surface area contributed by atoms with Crippen molar-refractivity contribution in [3.05, 3.63) is 142 Å². The van der Waals surface area contributed by atoms with E-state index >= 15 is 0 Å². The van der Waals surface area contributed by atoms with Gasteiger partial charge in [0.05, 0.1) is 33.7 Å². The van der Waals surface area contributed by atoms with Gasteiger partial charge in [-0.25, -0.2) is 9.78 Å². The first-order chi connectivity index (χ1) is 23.8. The van der Waals surface area contributed by atoms with Gasteiger partial charge in [-0.2, -0.15) is 0 Å². The number of carbonyl (C=O) groups excluding carboxylic acids is 3. The lowest BCUT2D eigenvalue weighted by atomic mass is 10.0. The summed E-state index contributed by atoms with van der Waals surface area (Å²) in [5.41, 5.74) is 3.34. The van der Waals surface area contributed by atoms with E-state index < -0.39 is 18.2 Å². The minimum Gasteiger partial charge on any atom is -0.445 e. The number of para-hydroxylation sites is 3. The van der Waals surface area contributed by atoms with Gasteiger partial charge in [0.15, 0.2) is 0 Å². The summed E-state index contributed by atoms with van der Waals surface area (Å²) in [6.07, 6.45) is 1.71. The van der Waals surface area contributed by atoms with Gasteiger partial charge in [0.2, 0.25) is 0 Å². The Balaban J connectivity index is 1.25. The maximum Gasteiger partial charge on any atom is 0.408 e. The Labute approximate surface area is 282 Å². The molecule has 1 aliphatic rings. The fraction of sp³-hybridized carbons (Fsp3) is 0.205. The molecule has 7 rings (SSSR count). The van der Waals surface area contributed by atoms with Gasteiger partial charge >= 0.3 is 6.09 Å². The Morgan fingerprint density at radius 3 is 2.37 bits per heavy atom. The number of fused-ring (bicyclic) bond motifs is 5. The summed E-state index contributed by atoms with van der Waals surface area (Å²) in [4.78, 5) is 59.6. The normalized spacial score (nSPS) is 14.5. The largest absolute Gasteiger partial charge is 0.445 e. The third-order valence-electron chi connectivity index (χ3n) is 8.77. The van der Waals surface area contributed by atoms with Crippen LogP contribution in [0.5, 0.6) is 0 Å². The molecule has 10 heteroatoms. The molecule has 0 fully saturated rings. The van der Waals surface area contributed by atoms with Crippen molar-refractivity contribution in [1.82, 2.24) is 24.8 Å². The smallest absolute Gasteiger partial charge is 0.408 e. The number of alkyl carbamates (subject to hydrolysis) is 1. The van der Waals surface area contributed by atoms with Crippen LogP contribution < -0.4 is 16.2 Å². The highest BCUT2D eigenvalue weighted by atomic mass is 16.5. The van der Waals surface area contributed by atoms with E-state index in [9.17, 15) is 19.2 Å². The second-order valence-corrected chi connectivity index (χ2v) is 12.6. The van der Waals surface area contributed by atoms with Crippen LogP contribution in [0.3, 0.4) is 0 Å². The highest BCUT2D eigenvalue weighted by Crippen LogP contribution is 2.31. The second-order valence-electron chi connectivity index (χ2n) is 12.6. The predicted molar refractivity (Wildman–Crippen MR) is 187 cm³/mol. The Morgan fingerprint density at radius 1 is 0.878 bits per heavy atom. The Morgan fingerprint density at radius 2 is 1.57 bits per heavy atom. The summed E-state index contributed by atoms with van der Waals surface area (Å²) < 4.78 is 8.54. The van der Waals surface area contributed by atoms with Gasteiger partial charge in [0.25, 0.3) is 17.4 Å². The molecule has 0 aliphatic carbocycles. The summed E-state index contributed by atoms with van der Waals surface area (Å²) in [5, 5.41) is 7.15. The number of rotatable bonds is 8. The van der Waals surface area contributed by atoms with Gasteiger partial charge in [-0.1, -0.05) is 86.6 Å². The van der Waals surface area contributed by atoms with E-state index in [0.717, 1.165) is 16.5 Å². The molecule has 10 nitrogen and oxygen atoms in total. The number of amides is 2. The first kappa shape index (κ1) is 31.6. The van der Waals surface area contributed by atoms with Crippen molar-refractivity contribution >= 4 is 39.7 Å². The van der Waals surface area contributed by atoms with E-state index in [0.29, 0.717) is 39.9 Å². The monoisotopic (exact) mass is 653 g/mol. The molecule has 6 aromatic rings. The molecule has 2 N–H and O–H groups in total. The molecule has 2 aromatic heterocycles. The molecule has 0 saturated carbocycles. The average molecular weight is 654 g/mol. The first-order valence-electron chi connectivity index (χ1n) is 16.3. The molecule has 2 amide bonds. The van der Waals surface area contributed by atoms with Crippen LogP contribution >= 0.6 is 0 Å². The number of aromatic nitrogens is 3. The van der Waals surface area contributed by atoms with E-state index in [1.54, 1.807) is 53.2 Å². The third kappa shape index (κ3) is 6.20. The minimum atomic E-state index is -0.855. The molecule has 0 bridgehead atoms. The molecule has 0 saturated heterocycles. The van der Waals surface area contributed by atoms with E-state index in [2.05, 4.69) is 10.6 Å². The Hall–Kier alpha value is -6.03. The van der Waals surface area contributed by atoms with Crippen LogP contribution in [0, 0.1) is 5.92 Å². The molecule has 1 aliphatic heterocycles. The number of benzene rings is 4. The molecule has 0 spiro atoms. The molecular formula is C39H35N5O5. The summed E-state index contributed by atoms with van der Waals surface area (Å²) >= 11 is 0. The quantitative estimate of drug-likeness (QED) is 0.197. The standard InChI is InChI=1S/C39H35N5O5/c1-24(2)20-32(42-39(48)49-23-25-12-4-3-5-13-25)38(47)43-22-26(27-14-7-10-18-33(27)43)21-31-35-40-30-17-9-6-15-28(30)37(46)44(35)34-19-11-8-16-29(34)36(45)41-31/h3-19,22,24,31-32H,20-21,23H2,1-2H3,(H,41,45)(H,42,48)/t31?,32-/m0/s1. The molecule has 246 valence electrons. The number of nitrogens with zero attached hydrogens (tertiary/aromatic N) is 3. The van der Waals surface area contributed by atoms with Crippen molar-refractivity contribution in [2.24, 2.45) is 5.92 Å². The molecule has 49 heavy (non-hydrogen) atoms. The number of hydrogen-bond acceptors (Lipinski definition) is 6. The summed E-state index contributed by atoms with van der Waals surface area (Å²) in [5.74, 6) is -0.149.